The first-order chi connectivity index (χ1) is 8.67. The van der Waals surface area contributed by atoms with Crippen molar-refractivity contribution in [3.8, 4) is 11.8 Å². The maximum atomic E-state index is 11.6. The summed E-state index contributed by atoms with van der Waals surface area (Å²) in [5.41, 5.74) is 0.574. The monoisotopic (exact) mass is 246 g/mol. The molecule has 0 aliphatic heterocycles. The molecule has 5 nitrogen and oxygen atoms in total. The van der Waals surface area contributed by atoms with Gasteiger partial charge in [0.05, 0.1) is 6.61 Å². The third kappa shape index (κ3) is 4.28. The summed E-state index contributed by atoms with van der Waals surface area (Å²) in [4.78, 5) is 11.6. The molecule has 5 heteroatoms. The summed E-state index contributed by atoms with van der Waals surface area (Å²) in [7, 11) is 1.53. The number of nitrogens with one attached hydrogen (secondary N) is 1. The highest BCUT2D eigenvalue weighted by Gasteiger charge is 2.08. The van der Waals surface area contributed by atoms with E-state index in [1.165, 1.54) is 25.3 Å². The lowest BCUT2D eigenvalue weighted by atomic mass is 10.1. The molecule has 0 radical (unpaired) electrons. The summed E-state index contributed by atoms with van der Waals surface area (Å²) in [5, 5.41) is 20.7. The van der Waals surface area contributed by atoms with Gasteiger partial charge in [-0.15, -0.1) is 0 Å². The predicted molar refractivity (Wildman–Crippen MR) is 66.6 cm³/mol. The number of rotatable bonds is 5. The van der Waals surface area contributed by atoms with Gasteiger partial charge in [-0.3, -0.25) is 4.79 Å². The van der Waals surface area contributed by atoms with E-state index in [1.807, 2.05) is 6.07 Å². The molecule has 94 valence electrons. The van der Waals surface area contributed by atoms with E-state index in [2.05, 4.69) is 5.32 Å². The summed E-state index contributed by atoms with van der Waals surface area (Å²) in [6, 6.07) is 8.14. The SMILES string of the molecule is COCCNC(=O)/C(C#N)=C\c1cccc(O)c1. The largest absolute Gasteiger partial charge is 0.508 e. The first-order valence-electron chi connectivity index (χ1n) is 5.35. The van der Waals surface area contributed by atoms with Crippen LogP contribution in [0.3, 0.4) is 0 Å². The molecule has 0 spiro atoms. The lowest BCUT2D eigenvalue weighted by molar-refractivity contribution is -0.117. The number of aromatic hydroxyl groups is 1. The van der Waals surface area contributed by atoms with Gasteiger partial charge >= 0.3 is 0 Å². The second-order valence-corrected chi connectivity index (χ2v) is 3.51. The van der Waals surface area contributed by atoms with E-state index in [4.69, 9.17) is 10.00 Å². The van der Waals surface area contributed by atoms with E-state index in [0.29, 0.717) is 18.7 Å². The minimum atomic E-state index is -0.460. The minimum Gasteiger partial charge on any atom is -0.508 e. The molecule has 1 rings (SSSR count). The summed E-state index contributed by atoms with van der Waals surface area (Å²) in [6.07, 6.45) is 1.42. The maximum Gasteiger partial charge on any atom is 0.262 e. The van der Waals surface area contributed by atoms with E-state index >= 15 is 0 Å². The normalized spacial score (nSPS) is 10.8. The molecule has 0 unspecified atom stereocenters. The Morgan fingerprint density at radius 2 is 2.39 bits per heavy atom. The molecule has 1 aromatic carbocycles. The Labute approximate surface area is 105 Å². The van der Waals surface area contributed by atoms with Gasteiger partial charge < -0.3 is 15.2 Å². The van der Waals surface area contributed by atoms with Gasteiger partial charge in [0.1, 0.15) is 17.4 Å². The number of benzene rings is 1. The fourth-order valence-corrected chi connectivity index (χ4v) is 1.29. The number of carbonyl (C=O) groups excluding carboxylic acids is 1. The Kier molecular flexibility index (Phi) is 5.42. The molecular formula is C13H14N2O3. The van der Waals surface area contributed by atoms with Crippen molar-refractivity contribution in [3.63, 3.8) is 0 Å². The number of nitriles is 1. The zero-order valence-corrected chi connectivity index (χ0v) is 10.0. The van der Waals surface area contributed by atoms with E-state index in [-0.39, 0.29) is 11.3 Å². The smallest absolute Gasteiger partial charge is 0.262 e. The van der Waals surface area contributed by atoms with Gasteiger partial charge in [-0.2, -0.15) is 5.26 Å². The topological polar surface area (TPSA) is 82.3 Å². The number of methoxy groups -OCH3 is 1. The number of carbonyl (C=O) groups is 1. The van der Waals surface area contributed by atoms with Crippen LogP contribution in [0.1, 0.15) is 5.56 Å². The van der Waals surface area contributed by atoms with Crippen LogP contribution in [0.15, 0.2) is 29.8 Å². The maximum absolute atomic E-state index is 11.6. The van der Waals surface area contributed by atoms with E-state index in [1.54, 1.807) is 12.1 Å². The Balaban J connectivity index is 2.77. The number of phenolic OH excluding ortho intramolecular Hbond substituents is 1. The molecule has 0 aliphatic rings. The molecular weight excluding hydrogens is 232 g/mol. The van der Waals surface area contributed by atoms with Gasteiger partial charge in [0, 0.05) is 13.7 Å². The zero-order valence-electron chi connectivity index (χ0n) is 10.0. The highest BCUT2D eigenvalue weighted by Crippen LogP contribution is 2.13. The molecule has 2 N–H and O–H groups in total. The van der Waals surface area contributed by atoms with Crippen molar-refractivity contribution in [2.45, 2.75) is 0 Å². The number of phenols is 1. The average Bonchev–Trinajstić information content (AvgIpc) is 2.36. The van der Waals surface area contributed by atoms with E-state index in [9.17, 15) is 9.90 Å². The number of hydrogen-bond donors (Lipinski definition) is 2. The second-order valence-electron chi connectivity index (χ2n) is 3.51. The van der Waals surface area contributed by atoms with Crippen LogP contribution >= 0.6 is 0 Å². The van der Waals surface area contributed by atoms with Gasteiger partial charge in [0.15, 0.2) is 0 Å². The number of ether oxygens (including phenoxy) is 1. The molecule has 1 aromatic rings. The molecule has 0 aromatic heterocycles. The summed E-state index contributed by atoms with van der Waals surface area (Å²) in [6.45, 7) is 0.727. The van der Waals surface area contributed by atoms with Crippen molar-refractivity contribution in [3.05, 3.63) is 35.4 Å². The summed E-state index contributed by atoms with van der Waals surface area (Å²) in [5.74, 6) is -0.376. The third-order valence-electron chi connectivity index (χ3n) is 2.14. The molecule has 0 saturated carbocycles. The highest BCUT2D eigenvalue weighted by atomic mass is 16.5. The lowest BCUT2D eigenvalue weighted by Crippen LogP contribution is -2.27. The van der Waals surface area contributed by atoms with Gasteiger partial charge in [0.25, 0.3) is 5.91 Å². The second kappa shape index (κ2) is 7.09. The number of amides is 1. The lowest BCUT2D eigenvalue weighted by Gasteiger charge is -2.03. The molecule has 0 aliphatic carbocycles. The van der Waals surface area contributed by atoms with Crippen molar-refractivity contribution >= 4 is 12.0 Å². The van der Waals surface area contributed by atoms with Crippen LogP contribution in [0.4, 0.5) is 0 Å². The molecule has 0 heterocycles. The van der Waals surface area contributed by atoms with E-state index < -0.39 is 5.91 Å². The van der Waals surface area contributed by atoms with Crippen molar-refractivity contribution in [1.29, 1.82) is 5.26 Å². The Bertz CT molecular complexity index is 489. The minimum absolute atomic E-state index is 0.0169. The Morgan fingerprint density at radius 1 is 1.61 bits per heavy atom. The molecule has 0 bridgehead atoms. The molecule has 1 amide bonds. The first kappa shape index (κ1) is 13.7. The fraction of sp³-hybridized carbons (Fsp3) is 0.231. The zero-order chi connectivity index (χ0) is 13.4. The third-order valence-corrected chi connectivity index (χ3v) is 2.14. The van der Waals surface area contributed by atoms with Crippen LogP contribution in [0.5, 0.6) is 5.75 Å². The van der Waals surface area contributed by atoms with Crippen LogP contribution in [0.2, 0.25) is 0 Å². The Hall–Kier alpha value is -2.32. The Morgan fingerprint density at radius 3 is 3.00 bits per heavy atom. The van der Waals surface area contributed by atoms with Gasteiger partial charge in [-0.1, -0.05) is 12.1 Å². The highest BCUT2D eigenvalue weighted by molar-refractivity contribution is 6.01. The van der Waals surface area contributed by atoms with Crippen molar-refractivity contribution < 1.29 is 14.6 Å². The molecule has 0 saturated heterocycles. The molecule has 0 atom stereocenters. The molecule has 18 heavy (non-hydrogen) atoms. The van der Waals surface area contributed by atoms with Crippen LogP contribution in [-0.2, 0) is 9.53 Å². The summed E-state index contributed by atoms with van der Waals surface area (Å²) >= 11 is 0. The van der Waals surface area contributed by atoms with Gasteiger partial charge in [-0.25, -0.2) is 0 Å². The molecule has 0 fully saturated rings. The van der Waals surface area contributed by atoms with Crippen LogP contribution in [-0.4, -0.2) is 31.3 Å². The van der Waals surface area contributed by atoms with E-state index in [0.717, 1.165) is 0 Å². The quantitative estimate of drug-likeness (QED) is 0.462. The number of nitrogens with zero attached hydrogens (tertiary/aromatic N) is 1. The van der Waals surface area contributed by atoms with Crippen LogP contribution < -0.4 is 5.32 Å². The van der Waals surface area contributed by atoms with Crippen LogP contribution in [0.25, 0.3) is 6.08 Å². The standard InChI is InChI=1S/C13H14N2O3/c1-18-6-5-15-13(17)11(9-14)7-10-3-2-4-12(16)8-10/h2-4,7-8,16H,5-6H2,1H3,(H,15,17)/b11-7-. The van der Waals surface area contributed by atoms with Crippen LogP contribution in [0, 0.1) is 11.3 Å². The first-order valence-corrected chi connectivity index (χ1v) is 5.35. The van der Waals surface area contributed by atoms with Crippen molar-refractivity contribution in [2.75, 3.05) is 20.3 Å². The number of hydrogen-bond acceptors (Lipinski definition) is 4. The fourth-order valence-electron chi connectivity index (χ4n) is 1.29. The predicted octanol–water partition coefficient (Wildman–Crippen LogP) is 1.06. The van der Waals surface area contributed by atoms with Crippen molar-refractivity contribution in [1.82, 2.24) is 5.32 Å². The van der Waals surface area contributed by atoms with Gasteiger partial charge in [0.2, 0.25) is 0 Å². The summed E-state index contributed by atoms with van der Waals surface area (Å²) < 4.78 is 4.79. The van der Waals surface area contributed by atoms with Crippen molar-refractivity contribution in [2.24, 2.45) is 0 Å². The average molecular weight is 246 g/mol. The van der Waals surface area contributed by atoms with Gasteiger partial charge in [-0.05, 0) is 23.8 Å².